The summed E-state index contributed by atoms with van der Waals surface area (Å²) in [6.07, 6.45) is 5.24. The highest BCUT2D eigenvalue weighted by Crippen LogP contribution is 2.30. The third-order valence-corrected chi connectivity index (χ3v) is 3.26. The van der Waals surface area contributed by atoms with Crippen molar-refractivity contribution in [3.63, 3.8) is 0 Å². The number of amides is 1. The number of nitrogens with zero attached hydrogens (tertiary/aromatic N) is 2. The minimum atomic E-state index is -0.0143. The number of aromatic nitrogens is 2. The van der Waals surface area contributed by atoms with Crippen molar-refractivity contribution in [2.45, 2.75) is 25.4 Å². The Balaban J connectivity index is 1.80. The fraction of sp³-hybridized carbons (Fsp3) is 0.286. The first kappa shape index (κ1) is 11.8. The Morgan fingerprint density at radius 1 is 1.47 bits per heavy atom. The van der Waals surface area contributed by atoms with Gasteiger partial charge in [0.1, 0.15) is 5.75 Å². The smallest absolute Gasteiger partial charge is 0.257 e. The van der Waals surface area contributed by atoms with Crippen molar-refractivity contribution in [2.24, 2.45) is 0 Å². The predicted octanol–water partition coefficient (Wildman–Crippen LogP) is 1.92. The highest BCUT2D eigenvalue weighted by atomic mass is 16.3. The van der Waals surface area contributed by atoms with E-state index in [1.54, 1.807) is 30.6 Å². The third-order valence-electron chi connectivity index (χ3n) is 3.26. The van der Waals surface area contributed by atoms with Crippen LogP contribution in [0.1, 0.15) is 28.8 Å². The van der Waals surface area contributed by atoms with Gasteiger partial charge >= 0.3 is 0 Å². The van der Waals surface area contributed by atoms with Gasteiger partial charge in [0.15, 0.2) is 0 Å². The van der Waals surface area contributed by atoms with Gasteiger partial charge in [-0.2, -0.15) is 5.10 Å². The molecular weight excluding hydrogens is 242 g/mol. The quantitative estimate of drug-likeness (QED) is 0.879. The van der Waals surface area contributed by atoms with Crippen molar-refractivity contribution in [2.75, 3.05) is 0 Å². The van der Waals surface area contributed by atoms with Crippen LogP contribution in [0.3, 0.4) is 0 Å². The first-order valence-corrected chi connectivity index (χ1v) is 6.32. The van der Waals surface area contributed by atoms with Crippen LogP contribution in [0.25, 0.3) is 0 Å². The average Bonchev–Trinajstić information content (AvgIpc) is 3.09. The van der Waals surface area contributed by atoms with Crippen LogP contribution in [0.5, 0.6) is 5.75 Å². The van der Waals surface area contributed by atoms with Crippen LogP contribution >= 0.6 is 0 Å². The second-order valence-corrected chi connectivity index (χ2v) is 4.82. The highest BCUT2D eigenvalue weighted by Gasteiger charge is 2.33. The van der Waals surface area contributed by atoms with Crippen molar-refractivity contribution in [1.82, 2.24) is 15.1 Å². The lowest BCUT2D eigenvalue weighted by atomic mass is 10.2. The van der Waals surface area contributed by atoms with E-state index >= 15 is 0 Å². The Kier molecular flexibility index (Phi) is 2.95. The lowest BCUT2D eigenvalue weighted by Crippen LogP contribution is -2.32. The third kappa shape index (κ3) is 2.59. The summed E-state index contributed by atoms with van der Waals surface area (Å²) in [5.74, 6) is 0.212. The van der Waals surface area contributed by atoms with Crippen molar-refractivity contribution in [3.8, 4) is 5.75 Å². The second kappa shape index (κ2) is 4.76. The van der Waals surface area contributed by atoms with Gasteiger partial charge in [-0.05, 0) is 30.5 Å². The van der Waals surface area contributed by atoms with Crippen LogP contribution in [0, 0.1) is 0 Å². The summed E-state index contributed by atoms with van der Waals surface area (Å²) >= 11 is 0. The van der Waals surface area contributed by atoms with Crippen LogP contribution < -0.4 is 0 Å². The highest BCUT2D eigenvalue weighted by molar-refractivity contribution is 5.94. The standard InChI is InChI=1S/C14H15N3O2/c18-13-3-1-2-10(6-13)9-17(12-4-5-12)14(19)11-7-15-16-8-11/h1-3,6-8,12,18H,4-5,9H2,(H,15,16). The molecule has 1 aromatic carbocycles. The summed E-state index contributed by atoms with van der Waals surface area (Å²) in [6.45, 7) is 0.517. The maximum Gasteiger partial charge on any atom is 0.257 e. The summed E-state index contributed by atoms with van der Waals surface area (Å²) in [7, 11) is 0. The molecule has 5 heteroatoms. The second-order valence-electron chi connectivity index (χ2n) is 4.82. The molecule has 1 fully saturated rings. The largest absolute Gasteiger partial charge is 0.508 e. The Hall–Kier alpha value is -2.30. The molecule has 1 heterocycles. The van der Waals surface area contributed by atoms with Crippen LogP contribution in [0.15, 0.2) is 36.7 Å². The van der Waals surface area contributed by atoms with Gasteiger partial charge < -0.3 is 10.0 Å². The summed E-state index contributed by atoms with van der Waals surface area (Å²) in [5, 5.41) is 16.0. The molecule has 0 unspecified atom stereocenters. The Labute approximate surface area is 110 Å². The molecule has 0 spiro atoms. The van der Waals surface area contributed by atoms with E-state index in [1.807, 2.05) is 11.0 Å². The van der Waals surface area contributed by atoms with Gasteiger partial charge in [0.25, 0.3) is 5.91 Å². The molecular formula is C14H15N3O2. The number of rotatable bonds is 4. The normalized spacial score (nSPS) is 14.3. The number of hydrogen-bond donors (Lipinski definition) is 2. The van der Waals surface area contributed by atoms with Crippen molar-refractivity contribution >= 4 is 5.91 Å². The first-order chi connectivity index (χ1) is 9.24. The Bertz CT molecular complexity index is 576. The number of aromatic amines is 1. The predicted molar refractivity (Wildman–Crippen MR) is 69.6 cm³/mol. The zero-order valence-electron chi connectivity index (χ0n) is 10.4. The van der Waals surface area contributed by atoms with Gasteiger partial charge in [0.05, 0.1) is 11.8 Å². The van der Waals surface area contributed by atoms with Gasteiger partial charge in [-0.15, -0.1) is 0 Å². The molecule has 0 bridgehead atoms. The fourth-order valence-electron chi connectivity index (χ4n) is 2.14. The maximum absolute atomic E-state index is 12.4. The zero-order valence-corrected chi connectivity index (χ0v) is 10.4. The number of phenolic OH excluding ortho intramolecular Hbond substituents is 1. The number of nitrogens with one attached hydrogen (secondary N) is 1. The van der Waals surface area contributed by atoms with E-state index in [0.29, 0.717) is 18.2 Å². The van der Waals surface area contributed by atoms with Crippen molar-refractivity contribution < 1.29 is 9.90 Å². The van der Waals surface area contributed by atoms with E-state index in [-0.39, 0.29) is 11.7 Å². The number of carbonyl (C=O) groups excluding carboxylic acids is 1. The molecule has 1 amide bonds. The average molecular weight is 257 g/mol. The van der Waals surface area contributed by atoms with Gasteiger partial charge in [0, 0.05) is 18.8 Å². The van der Waals surface area contributed by atoms with Gasteiger partial charge in [0.2, 0.25) is 0 Å². The number of aromatic hydroxyl groups is 1. The van der Waals surface area contributed by atoms with E-state index < -0.39 is 0 Å². The van der Waals surface area contributed by atoms with Crippen LogP contribution in [0.2, 0.25) is 0 Å². The maximum atomic E-state index is 12.4. The van der Waals surface area contributed by atoms with E-state index in [4.69, 9.17) is 0 Å². The molecule has 0 atom stereocenters. The number of phenols is 1. The molecule has 1 saturated carbocycles. The molecule has 2 N–H and O–H groups in total. The molecule has 2 aromatic rings. The number of hydrogen-bond acceptors (Lipinski definition) is 3. The number of benzene rings is 1. The van der Waals surface area contributed by atoms with Gasteiger partial charge in [-0.3, -0.25) is 9.89 Å². The van der Waals surface area contributed by atoms with E-state index in [1.165, 1.54) is 0 Å². The molecule has 19 heavy (non-hydrogen) atoms. The molecule has 0 saturated heterocycles. The summed E-state index contributed by atoms with van der Waals surface area (Å²) < 4.78 is 0. The topological polar surface area (TPSA) is 69.2 Å². The Morgan fingerprint density at radius 2 is 2.32 bits per heavy atom. The minimum Gasteiger partial charge on any atom is -0.508 e. The van der Waals surface area contributed by atoms with Crippen LogP contribution in [0.4, 0.5) is 0 Å². The molecule has 5 nitrogen and oxygen atoms in total. The Morgan fingerprint density at radius 3 is 2.95 bits per heavy atom. The molecule has 1 aromatic heterocycles. The van der Waals surface area contributed by atoms with E-state index in [0.717, 1.165) is 18.4 Å². The molecule has 1 aliphatic carbocycles. The lowest BCUT2D eigenvalue weighted by molar-refractivity contribution is 0.0730. The number of carbonyl (C=O) groups is 1. The zero-order chi connectivity index (χ0) is 13.2. The summed E-state index contributed by atoms with van der Waals surface area (Å²) in [6, 6.07) is 7.33. The van der Waals surface area contributed by atoms with Crippen molar-refractivity contribution in [3.05, 3.63) is 47.8 Å². The molecule has 0 aliphatic heterocycles. The first-order valence-electron chi connectivity index (χ1n) is 6.32. The minimum absolute atomic E-state index is 0.0143. The lowest BCUT2D eigenvalue weighted by Gasteiger charge is -2.22. The van der Waals surface area contributed by atoms with E-state index in [9.17, 15) is 9.90 Å². The molecule has 3 rings (SSSR count). The van der Waals surface area contributed by atoms with Crippen molar-refractivity contribution in [1.29, 1.82) is 0 Å². The number of H-pyrrole nitrogens is 1. The van der Waals surface area contributed by atoms with Crippen LogP contribution in [-0.2, 0) is 6.54 Å². The molecule has 98 valence electrons. The fourth-order valence-corrected chi connectivity index (χ4v) is 2.14. The molecule has 0 radical (unpaired) electrons. The SMILES string of the molecule is O=C(c1cn[nH]c1)N(Cc1cccc(O)c1)C1CC1. The van der Waals surface area contributed by atoms with Gasteiger partial charge in [-0.1, -0.05) is 12.1 Å². The van der Waals surface area contributed by atoms with Crippen LogP contribution in [-0.4, -0.2) is 32.2 Å². The summed E-state index contributed by atoms with van der Waals surface area (Å²) in [5.41, 5.74) is 1.51. The van der Waals surface area contributed by atoms with Gasteiger partial charge in [-0.25, -0.2) is 0 Å². The summed E-state index contributed by atoms with van der Waals surface area (Å²) in [4.78, 5) is 14.2. The monoisotopic (exact) mass is 257 g/mol. The van der Waals surface area contributed by atoms with E-state index in [2.05, 4.69) is 10.2 Å². The molecule has 1 aliphatic rings.